The van der Waals surface area contributed by atoms with Gasteiger partial charge in [-0.2, -0.15) is 0 Å². The summed E-state index contributed by atoms with van der Waals surface area (Å²) in [4.78, 5) is 14.1. The van der Waals surface area contributed by atoms with Gasteiger partial charge in [-0.1, -0.05) is 29.8 Å². The number of esters is 1. The maximum absolute atomic E-state index is 11.9. The van der Waals surface area contributed by atoms with Gasteiger partial charge in [0.15, 0.2) is 0 Å². The van der Waals surface area contributed by atoms with Crippen LogP contribution in [0, 0.1) is 12.8 Å². The molecule has 1 saturated heterocycles. The summed E-state index contributed by atoms with van der Waals surface area (Å²) < 4.78 is 4.95. The molecule has 0 saturated carbocycles. The molecule has 2 atom stereocenters. The molecule has 18 heavy (non-hydrogen) atoms. The molecule has 1 aromatic carbocycles. The maximum atomic E-state index is 11.9. The first-order valence-corrected chi connectivity index (χ1v) is 6.44. The van der Waals surface area contributed by atoms with Crippen molar-refractivity contribution in [2.75, 3.05) is 27.2 Å². The van der Waals surface area contributed by atoms with Crippen molar-refractivity contribution < 1.29 is 9.53 Å². The zero-order valence-corrected chi connectivity index (χ0v) is 11.3. The average Bonchev–Trinajstić information content (AvgIpc) is 2.37. The van der Waals surface area contributed by atoms with Crippen LogP contribution in [0.4, 0.5) is 0 Å². The number of ether oxygens (including phenoxy) is 1. The molecule has 2 rings (SSSR count). The van der Waals surface area contributed by atoms with Gasteiger partial charge >= 0.3 is 5.97 Å². The summed E-state index contributed by atoms with van der Waals surface area (Å²) in [5.41, 5.74) is 2.51. The topological polar surface area (TPSA) is 29.5 Å². The van der Waals surface area contributed by atoms with Crippen LogP contribution in [0.1, 0.15) is 23.5 Å². The number of nitrogens with zero attached hydrogens (tertiary/aromatic N) is 1. The van der Waals surface area contributed by atoms with E-state index in [1.807, 2.05) is 0 Å². The number of hydrogen-bond acceptors (Lipinski definition) is 3. The molecule has 1 aliphatic rings. The fourth-order valence-electron chi connectivity index (χ4n) is 2.80. The second-order valence-corrected chi connectivity index (χ2v) is 5.20. The first-order valence-electron chi connectivity index (χ1n) is 6.44. The van der Waals surface area contributed by atoms with Gasteiger partial charge in [-0.25, -0.2) is 0 Å². The molecule has 1 heterocycles. The molecule has 0 aromatic heterocycles. The molecule has 0 bridgehead atoms. The van der Waals surface area contributed by atoms with Crippen LogP contribution in [-0.4, -0.2) is 38.1 Å². The van der Waals surface area contributed by atoms with E-state index in [1.165, 1.54) is 18.2 Å². The second-order valence-electron chi connectivity index (χ2n) is 5.20. The molecular formula is C15H21NO2. The predicted octanol–water partition coefficient (Wildman–Crippen LogP) is 2.20. The number of aryl methyl sites for hydroxylation is 1. The number of hydrogen-bond donors (Lipinski definition) is 0. The lowest BCUT2D eigenvalue weighted by atomic mass is 9.80. The Kier molecular flexibility index (Phi) is 4.02. The first kappa shape index (κ1) is 13.1. The predicted molar refractivity (Wildman–Crippen MR) is 71.5 cm³/mol. The van der Waals surface area contributed by atoms with Gasteiger partial charge in [-0.3, -0.25) is 4.79 Å². The number of carbonyl (C=O) groups is 1. The summed E-state index contributed by atoms with van der Waals surface area (Å²) >= 11 is 0. The van der Waals surface area contributed by atoms with Crippen LogP contribution < -0.4 is 0 Å². The highest BCUT2D eigenvalue weighted by molar-refractivity contribution is 5.74. The molecular weight excluding hydrogens is 226 g/mol. The number of carbonyl (C=O) groups excluding carboxylic acids is 1. The summed E-state index contributed by atoms with van der Waals surface area (Å²) in [5, 5.41) is 0. The van der Waals surface area contributed by atoms with E-state index in [1.54, 1.807) is 0 Å². The zero-order valence-electron chi connectivity index (χ0n) is 11.3. The molecule has 0 amide bonds. The quantitative estimate of drug-likeness (QED) is 0.750. The number of likely N-dealkylation sites (tertiary alicyclic amines) is 1. The van der Waals surface area contributed by atoms with Crippen LogP contribution in [-0.2, 0) is 9.53 Å². The zero-order chi connectivity index (χ0) is 13.1. The van der Waals surface area contributed by atoms with Crippen molar-refractivity contribution >= 4 is 5.97 Å². The van der Waals surface area contributed by atoms with Crippen LogP contribution in [0.3, 0.4) is 0 Å². The molecule has 3 heteroatoms. The first-order chi connectivity index (χ1) is 8.61. The Morgan fingerprint density at radius 2 is 2.22 bits per heavy atom. The standard InChI is InChI=1S/C15H21NO2/c1-11-5-4-6-12(9-11)13-7-8-16(2)10-14(13)15(17)18-3/h4-6,9,13-14H,7-8,10H2,1-3H3. The summed E-state index contributed by atoms with van der Waals surface area (Å²) in [6.45, 7) is 3.91. The largest absolute Gasteiger partial charge is 0.469 e. The molecule has 2 unspecified atom stereocenters. The van der Waals surface area contributed by atoms with Crippen LogP contribution in [0.5, 0.6) is 0 Å². The van der Waals surface area contributed by atoms with Gasteiger partial charge in [-0.05, 0) is 38.4 Å². The van der Waals surface area contributed by atoms with Crippen LogP contribution >= 0.6 is 0 Å². The Bertz CT molecular complexity index is 430. The maximum Gasteiger partial charge on any atom is 0.310 e. The summed E-state index contributed by atoms with van der Waals surface area (Å²) in [6, 6.07) is 8.47. The van der Waals surface area contributed by atoms with Gasteiger partial charge < -0.3 is 9.64 Å². The van der Waals surface area contributed by atoms with Gasteiger partial charge in [0, 0.05) is 6.54 Å². The van der Waals surface area contributed by atoms with Crippen molar-refractivity contribution in [3.63, 3.8) is 0 Å². The molecule has 0 aliphatic carbocycles. The second kappa shape index (κ2) is 5.53. The molecule has 1 aliphatic heterocycles. The Hall–Kier alpha value is -1.35. The summed E-state index contributed by atoms with van der Waals surface area (Å²) in [6.07, 6.45) is 1.01. The molecule has 3 nitrogen and oxygen atoms in total. The van der Waals surface area contributed by atoms with E-state index < -0.39 is 0 Å². The van der Waals surface area contributed by atoms with E-state index in [4.69, 9.17) is 4.74 Å². The Morgan fingerprint density at radius 1 is 1.44 bits per heavy atom. The van der Waals surface area contributed by atoms with Crippen LogP contribution in [0.15, 0.2) is 24.3 Å². The molecule has 1 aromatic rings. The lowest BCUT2D eigenvalue weighted by Gasteiger charge is -2.35. The third kappa shape index (κ3) is 2.72. The average molecular weight is 247 g/mol. The molecule has 0 spiro atoms. The van der Waals surface area contributed by atoms with E-state index in [0.717, 1.165) is 19.5 Å². The minimum atomic E-state index is -0.0898. The fraction of sp³-hybridized carbons (Fsp3) is 0.533. The summed E-state index contributed by atoms with van der Waals surface area (Å²) in [5.74, 6) is 0.150. The third-order valence-electron chi connectivity index (χ3n) is 3.79. The van der Waals surface area contributed by atoms with Gasteiger partial charge in [0.25, 0.3) is 0 Å². The lowest BCUT2D eigenvalue weighted by molar-refractivity contribution is -0.148. The minimum Gasteiger partial charge on any atom is -0.469 e. The molecule has 1 fully saturated rings. The van der Waals surface area contributed by atoms with E-state index in [2.05, 4.69) is 43.1 Å². The van der Waals surface area contributed by atoms with Crippen LogP contribution in [0.2, 0.25) is 0 Å². The summed E-state index contributed by atoms with van der Waals surface area (Å²) in [7, 11) is 3.53. The van der Waals surface area contributed by atoms with E-state index in [-0.39, 0.29) is 17.8 Å². The molecule has 98 valence electrons. The van der Waals surface area contributed by atoms with Crippen molar-refractivity contribution in [2.24, 2.45) is 5.92 Å². The van der Waals surface area contributed by atoms with Gasteiger partial charge in [-0.15, -0.1) is 0 Å². The van der Waals surface area contributed by atoms with E-state index >= 15 is 0 Å². The SMILES string of the molecule is COC(=O)C1CN(C)CCC1c1cccc(C)c1. The van der Waals surface area contributed by atoms with Crippen molar-refractivity contribution in [3.8, 4) is 0 Å². The number of piperidine rings is 1. The monoisotopic (exact) mass is 247 g/mol. The lowest BCUT2D eigenvalue weighted by Crippen LogP contribution is -2.41. The number of methoxy groups -OCH3 is 1. The molecule has 0 radical (unpaired) electrons. The highest BCUT2D eigenvalue weighted by Gasteiger charge is 2.34. The van der Waals surface area contributed by atoms with Gasteiger partial charge in [0.1, 0.15) is 0 Å². The highest BCUT2D eigenvalue weighted by atomic mass is 16.5. The number of benzene rings is 1. The Morgan fingerprint density at radius 3 is 2.89 bits per heavy atom. The van der Waals surface area contributed by atoms with Crippen molar-refractivity contribution in [3.05, 3.63) is 35.4 Å². The van der Waals surface area contributed by atoms with E-state index in [9.17, 15) is 4.79 Å². The van der Waals surface area contributed by atoms with Crippen molar-refractivity contribution in [1.82, 2.24) is 4.90 Å². The van der Waals surface area contributed by atoms with Crippen molar-refractivity contribution in [1.29, 1.82) is 0 Å². The van der Waals surface area contributed by atoms with Crippen LogP contribution in [0.25, 0.3) is 0 Å². The fourth-order valence-corrected chi connectivity index (χ4v) is 2.80. The smallest absolute Gasteiger partial charge is 0.310 e. The minimum absolute atomic E-state index is 0.0458. The molecule has 0 N–H and O–H groups in total. The van der Waals surface area contributed by atoms with Gasteiger partial charge in [0.2, 0.25) is 0 Å². The van der Waals surface area contributed by atoms with Crippen molar-refractivity contribution in [2.45, 2.75) is 19.3 Å². The Labute approximate surface area is 109 Å². The van der Waals surface area contributed by atoms with E-state index in [0.29, 0.717) is 0 Å². The Balaban J connectivity index is 2.26. The highest BCUT2D eigenvalue weighted by Crippen LogP contribution is 2.33. The van der Waals surface area contributed by atoms with Gasteiger partial charge in [0.05, 0.1) is 13.0 Å². The normalized spacial score (nSPS) is 24.8. The number of rotatable bonds is 2. The third-order valence-corrected chi connectivity index (χ3v) is 3.79.